The minimum absolute atomic E-state index is 0.0827. The van der Waals surface area contributed by atoms with Crippen molar-refractivity contribution in [3.63, 3.8) is 0 Å². The van der Waals surface area contributed by atoms with Crippen molar-refractivity contribution >= 4 is 16.0 Å². The van der Waals surface area contributed by atoms with Crippen LogP contribution in [0.25, 0.3) is 0 Å². The maximum absolute atomic E-state index is 12.0. The van der Waals surface area contributed by atoms with Crippen molar-refractivity contribution in [2.75, 3.05) is 13.7 Å². The van der Waals surface area contributed by atoms with Crippen LogP contribution in [0.3, 0.4) is 0 Å². The zero-order chi connectivity index (χ0) is 15.2. The Labute approximate surface area is 118 Å². The first-order valence-corrected chi connectivity index (χ1v) is 7.70. The summed E-state index contributed by atoms with van der Waals surface area (Å²) in [5.74, 6) is -1.04. The molecule has 0 amide bonds. The van der Waals surface area contributed by atoms with Gasteiger partial charge in [0.2, 0.25) is 10.0 Å². The summed E-state index contributed by atoms with van der Waals surface area (Å²) in [5, 5.41) is 8.66. The maximum Gasteiger partial charge on any atom is 0.306 e. The van der Waals surface area contributed by atoms with Crippen molar-refractivity contribution in [2.45, 2.75) is 30.8 Å². The third-order valence-corrected chi connectivity index (χ3v) is 4.32. The first-order valence-electron chi connectivity index (χ1n) is 6.22. The first kappa shape index (κ1) is 16.6. The Morgan fingerprint density at radius 3 is 2.40 bits per heavy atom. The third-order valence-electron chi connectivity index (χ3n) is 2.88. The van der Waals surface area contributed by atoms with Gasteiger partial charge in [0.15, 0.2) is 0 Å². The zero-order valence-electron chi connectivity index (χ0n) is 11.5. The van der Waals surface area contributed by atoms with Crippen LogP contribution in [-0.2, 0) is 26.0 Å². The second-order valence-electron chi connectivity index (χ2n) is 4.30. The largest absolute Gasteiger partial charge is 0.481 e. The highest BCUT2D eigenvalue weighted by molar-refractivity contribution is 7.89. The number of rotatable bonds is 8. The van der Waals surface area contributed by atoms with E-state index in [2.05, 4.69) is 4.72 Å². The minimum Gasteiger partial charge on any atom is -0.481 e. The monoisotopic (exact) mass is 301 g/mol. The molecule has 0 bridgehead atoms. The van der Waals surface area contributed by atoms with E-state index in [1.807, 2.05) is 6.92 Å². The van der Waals surface area contributed by atoms with Gasteiger partial charge in [-0.3, -0.25) is 4.79 Å². The Hall–Kier alpha value is -1.44. The number of benzene rings is 1. The second-order valence-corrected chi connectivity index (χ2v) is 6.07. The molecule has 0 saturated heterocycles. The van der Waals surface area contributed by atoms with E-state index in [1.54, 1.807) is 12.1 Å². The summed E-state index contributed by atoms with van der Waals surface area (Å²) in [4.78, 5) is 10.7. The Morgan fingerprint density at radius 1 is 1.35 bits per heavy atom. The van der Waals surface area contributed by atoms with Crippen LogP contribution in [0.5, 0.6) is 0 Å². The summed E-state index contributed by atoms with van der Waals surface area (Å²) in [7, 11) is -2.30. The molecule has 0 heterocycles. The molecule has 20 heavy (non-hydrogen) atoms. The summed E-state index contributed by atoms with van der Waals surface area (Å²) >= 11 is 0. The molecule has 0 fully saturated rings. The summed E-state index contributed by atoms with van der Waals surface area (Å²) in [6, 6.07) is 6.56. The van der Waals surface area contributed by atoms with Gasteiger partial charge >= 0.3 is 5.97 Å². The Morgan fingerprint density at radius 2 is 1.95 bits per heavy atom. The molecule has 112 valence electrons. The van der Waals surface area contributed by atoms with Gasteiger partial charge in [-0.25, -0.2) is 13.1 Å². The minimum atomic E-state index is -3.65. The van der Waals surface area contributed by atoms with E-state index < -0.39 is 22.1 Å². The number of carboxylic acids is 1. The Kier molecular flexibility index (Phi) is 6.12. The fraction of sp³-hybridized carbons (Fsp3) is 0.462. The SMILES string of the molecule is CCc1ccc(S(=O)(=O)NCC(CC(=O)O)OC)cc1. The Bertz CT molecular complexity index is 538. The van der Waals surface area contributed by atoms with E-state index in [4.69, 9.17) is 9.84 Å². The Balaban J connectivity index is 2.71. The number of ether oxygens (including phenoxy) is 1. The molecule has 1 aromatic rings. The number of hydrogen-bond donors (Lipinski definition) is 2. The lowest BCUT2D eigenvalue weighted by molar-refractivity contribution is -0.139. The van der Waals surface area contributed by atoms with E-state index in [0.29, 0.717) is 0 Å². The van der Waals surface area contributed by atoms with Gasteiger partial charge in [-0.1, -0.05) is 19.1 Å². The molecule has 1 unspecified atom stereocenters. The van der Waals surface area contributed by atoms with E-state index in [9.17, 15) is 13.2 Å². The molecule has 1 aromatic carbocycles. The van der Waals surface area contributed by atoms with Crippen LogP contribution in [0.4, 0.5) is 0 Å². The van der Waals surface area contributed by atoms with Crippen LogP contribution in [0.2, 0.25) is 0 Å². The van der Waals surface area contributed by atoms with Crippen LogP contribution in [-0.4, -0.2) is 39.3 Å². The molecule has 6 nitrogen and oxygen atoms in total. The molecule has 0 aliphatic carbocycles. The number of hydrogen-bond acceptors (Lipinski definition) is 4. The van der Waals surface area contributed by atoms with Gasteiger partial charge < -0.3 is 9.84 Å². The molecule has 7 heteroatoms. The lowest BCUT2D eigenvalue weighted by Gasteiger charge is -2.14. The van der Waals surface area contributed by atoms with Gasteiger partial charge in [-0.05, 0) is 24.1 Å². The predicted molar refractivity (Wildman–Crippen MR) is 74.1 cm³/mol. The molecule has 0 spiro atoms. The van der Waals surface area contributed by atoms with Gasteiger partial charge in [0.1, 0.15) is 0 Å². The quantitative estimate of drug-likeness (QED) is 0.747. The highest BCUT2D eigenvalue weighted by Crippen LogP contribution is 2.11. The summed E-state index contributed by atoms with van der Waals surface area (Å²) in [5.41, 5.74) is 1.05. The van der Waals surface area contributed by atoms with Crippen LogP contribution in [0.1, 0.15) is 18.9 Å². The van der Waals surface area contributed by atoms with Crippen molar-refractivity contribution in [3.05, 3.63) is 29.8 Å². The maximum atomic E-state index is 12.0. The van der Waals surface area contributed by atoms with Crippen LogP contribution in [0.15, 0.2) is 29.2 Å². The summed E-state index contributed by atoms with van der Waals surface area (Å²) in [6.07, 6.45) is -0.122. The van der Waals surface area contributed by atoms with Gasteiger partial charge in [0.05, 0.1) is 17.4 Å². The van der Waals surface area contributed by atoms with Crippen molar-refractivity contribution in [3.8, 4) is 0 Å². The van der Waals surface area contributed by atoms with Crippen molar-refractivity contribution in [2.24, 2.45) is 0 Å². The first-order chi connectivity index (χ1) is 9.39. The molecule has 0 aliphatic rings. The third kappa shape index (κ3) is 4.92. The average Bonchev–Trinajstić information content (AvgIpc) is 2.43. The van der Waals surface area contributed by atoms with Crippen molar-refractivity contribution in [1.82, 2.24) is 4.72 Å². The van der Waals surface area contributed by atoms with Crippen molar-refractivity contribution < 1.29 is 23.1 Å². The van der Waals surface area contributed by atoms with E-state index in [0.717, 1.165) is 12.0 Å². The number of carboxylic acid groups (broad SMARTS) is 1. The number of methoxy groups -OCH3 is 1. The zero-order valence-corrected chi connectivity index (χ0v) is 12.3. The normalized spacial score (nSPS) is 13.1. The van der Waals surface area contributed by atoms with E-state index in [-0.39, 0.29) is 17.9 Å². The van der Waals surface area contributed by atoms with Gasteiger partial charge in [0.25, 0.3) is 0 Å². The number of carbonyl (C=O) groups is 1. The summed E-state index contributed by atoms with van der Waals surface area (Å²) < 4.78 is 31.3. The van der Waals surface area contributed by atoms with Crippen LogP contribution < -0.4 is 4.72 Å². The molecule has 0 aromatic heterocycles. The number of aliphatic carboxylic acids is 1. The summed E-state index contributed by atoms with van der Waals surface area (Å²) in [6.45, 7) is 1.90. The molecular formula is C13H19NO5S. The second kappa shape index (κ2) is 7.37. The lowest BCUT2D eigenvalue weighted by Crippen LogP contribution is -2.34. The van der Waals surface area contributed by atoms with Crippen LogP contribution in [0, 0.1) is 0 Å². The standard InChI is InChI=1S/C13H19NO5S/c1-3-10-4-6-12(7-5-10)20(17,18)14-9-11(19-2)8-13(15)16/h4-7,11,14H,3,8-9H2,1-2H3,(H,15,16). The van der Waals surface area contributed by atoms with E-state index in [1.165, 1.54) is 19.2 Å². The van der Waals surface area contributed by atoms with Gasteiger partial charge in [0, 0.05) is 13.7 Å². The average molecular weight is 301 g/mol. The highest BCUT2D eigenvalue weighted by atomic mass is 32.2. The predicted octanol–water partition coefficient (Wildman–Crippen LogP) is 1.02. The molecule has 1 atom stereocenters. The molecular weight excluding hydrogens is 282 g/mol. The highest BCUT2D eigenvalue weighted by Gasteiger charge is 2.18. The number of sulfonamides is 1. The van der Waals surface area contributed by atoms with Gasteiger partial charge in [-0.2, -0.15) is 0 Å². The topological polar surface area (TPSA) is 92.7 Å². The van der Waals surface area contributed by atoms with E-state index >= 15 is 0 Å². The number of aryl methyl sites for hydroxylation is 1. The molecule has 0 aliphatic heterocycles. The molecule has 2 N–H and O–H groups in total. The molecule has 1 rings (SSSR count). The van der Waals surface area contributed by atoms with Crippen LogP contribution >= 0.6 is 0 Å². The fourth-order valence-electron chi connectivity index (χ4n) is 1.62. The number of nitrogens with one attached hydrogen (secondary N) is 1. The molecule has 0 saturated carbocycles. The fourth-order valence-corrected chi connectivity index (χ4v) is 2.69. The lowest BCUT2D eigenvalue weighted by atomic mass is 10.2. The van der Waals surface area contributed by atoms with Gasteiger partial charge in [-0.15, -0.1) is 0 Å². The molecule has 0 radical (unpaired) electrons. The van der Waals surface area contributed by atoms with Crippen molar-refractivity contribution in [1.29, 1.82) is 0 Å². The smallest absolute Gasteiger partial charge is 0.306 e.